The smallest absolute Gasteiger partial charge is 0.337 e. The molecule has 2 aromatic carbocycles. The maximum absolute atomic E-state index is 11.5. The van der Waals surface area contributed by atoms with Crippen LogP contribution < -0.4 is 4.74 Å². The van der Waals surface area contributed by atoms with Crippen LogP contribution in [0.4, 0.5) is 0 Å². The summed E-state index contributed by atoms with van der Waals surface area (Å²) < 4.78 is 10.3. The van der Waals surface area contributed by atoms with Crippen LogP contribution in [-0.4, -0.2) is 19.7 Å². The molecule has 2 rings (SSSR count). The Morgan fingerprint density at radius 3 is 2.62 bits per heavy atom. The van der Waals surface area contributed by atoms with E-state index in [1.165, 1.54) is 13.2 Å². The van der Waals surface area contributed by atoms with E-state index in [9.17, 15) is 4.79 Å². The third-order valence-corrected chi connectivity index (χ3v) is 3.01. The van der Waals surface area contributed by atoms with Gasteiger partial charge in [0.2, 0.25) is 0 Å². The standard InChI is InChI=1S/C17H15NO3/c1-20-17(19)14-7-8-15(12-18)16(11-14)21-10-9-13-5-3-2-4-6-13/h2-8,11H,9-10H2,1H3. The number of esters is 1. The summed E-state index contributed by atoms with van der Waals surface area (Å²) in [5.41, 5.74) is 1.92. The lowest BCUT2D eigenvalue weighted by Crippen LogP contribution is -2.05. The van der Waals surface area contributed by atoms with E-state index >= 15 is 0 Å². The molecule has 0 radical (unpaired) electrons. The Kier molecular flexibility index (Phi) is 4.94. The zero-order valence-corrected chi connectivity index (χ0v) is 11.7. The minimum atomic E-state index is -0.451. The molecule has 0 saturated carbocycles. The van der Waals surface area contributed by atoms with Gasteiger partial charge in [-0.3, -0.25) is 0 Å². The van der Waals surface area contributed by atoms with E-state index in [1.807, 2.05) is 30.3 Å². The molecule has 0 aliphatic carbocycles. The quantitative estimate of drug-likeness (QED) is 0.790. The topological polar surface area (TPSA) is 59.3 Å². The normalized spacial score (nSPS) is 9.71. The van der Waals surface area contributed by atoms with Crippen LogP contribution in [0.25, 0.3) is 0 Å². The van der Waals surface area contributed by atoms with E-state index in [-0.39, 0.29) is 0 Å². The van der Waals surface area contributed by atoms with Crippen molar-refractivity contribution in [1.29, 1.82) is 5.26 Å². The Morgan fingerprint density at radius 1 is 1.19 bits per heavy atom. The maximum Gasteiger partial charge on any atom is 0.337 e. The number of rotatable bonds is 5. The summed E-state index contributed by atoms with van der Waals surface area (Å²) in [6.45, 7) is 0.434. The number of nitriles is 1. The van der Waals surface area contributed by atoms with Crippen LogP contribution in [-0.2, 0) is 11.2 Å². The molecular weight excluding hydrogens is 266 g/mol. The van der Waals surface area contributed by atoms with E-state index in [1.54, 1.807) is 12.1 Å². The number of nitrogens with zero attached hydrogens (tertiary/aromatic N) is 1. The number of benzene rings is 2. The number of methoxy groups -OCH3 is 1. The summed E-state index contributed by atoms with van der Waals surface area (Å²) in [5.74, 6) is -0.0521. The van der Waals surface area contributed by atoms with Gasteiger partial charge >= 0.3 is 5.97 Å². The molecule has 0 unspecified atom stereocenters. The van der Waals surface area contributed by atoms with Crippen LogP contribution in [0.5, 0.6) is 5.75 Å². The highest BCUT2D eigenvalue weighted by atomic mass is 16.5. The Bertz CT molecular complexity index is 659. The van der Waals surface area contributed by atoms with Gasteiger partial charge in [0.05, 0.1) is 24.8 Å². The average molecular weight is 281 g/mol. The summed E-state index contributed by atoms with van der Waals surface area (Å²) in [6.07, 6.45) is 0.730. The highest BCUT2D eigenvalue weighted by molar-refractivity contribution is 5.90. The van der Waals surface area contributed by atoms with Gasteiger partial charge in [-0.15, -0.1) is 0 Å². The van der Waals surface area contributed by atoms with Crippen LogP contribution in [0.2, 0.25) is 0 Å². The molecule has 0 fully saturated rings. The third-order valence-electron chi connectivity index (χ3n) is 3.01. The van der Waals surface area contributed by atoms with Crippen molar-refractivity contribution >= 4 is 5.97 Å². The zero-order valence-electron chi connectivity index (χ0n) is 11.7. The van der Waals surface area contributed by atoms with Gasteiger partial charge in [-0.25, -0.2) is 4.79 Å². The van der Waals surface area contributed by atoms with Crippen LogP contribution in [0, 0.1) is 11.3 Å². The molecule has 0 atom stereocenters. The number of hydrogen-bond acceptors (Lipinski definition) is 4. The molecule has 2 aromatic rings. The van der Waals surface area contributed by atoms with Crippen molar-refractivity contribution in [3.63, 3.8) is 0 Å². The molecule has 4 heteroatoms. The maximum atomic E-state index is 11.5. The lowest BCUT2D eigenvalue weighted by Gasteiger charge is -2.09. The summed E-state index contributed by atoms with van der Waals surface area (Å²) in [4.78, 5) is 11.5. The first-order valence-corrected chi connectivity index (χ1v) is 6.54. The molecule has 0 saturated heterocycles. The minimum absolute atomic E-state index is 0.367. The van der Waals surface area contributed by atoms with E-state index in [0.717, 1.165) is 12.0 Å². The predicted molar refractivity (Wildman–Crippen MR) is 78.1 cm³/mol. The van der Waals surface area contributed by atoms with Crippen LogP contribution >= 0.6 is 0 Å². The fourth-order valence-electron chi connectivity index (χ4n) is 1.90. The fraction of sp³-hybridized carbons (Fsp3) is 0.176. The Labute approximate surface area is 123 Å². The molecule has 106 valence electrons. The lowest BCUT2D eigenvalue weighted by atomic mass is 10.1. The first-order valence-electron chi connectivity index (χ1n) is 6.54. The second-order valence-corrected chi connectivity index (χ2v) is 4.40. The Morgan fingerprint density at radius 2 is 1.95 bits per heavy atom. The Hall–Kier alpha value is -2.80. The monoisotopic (exact) mass is 281 g/mol. The largest absolute Gasteiger partial charge is 0.492 e. The van der Waals surface area contributed by atoms with E-state index < -0.39 is 5.97 Å². The average Bonchev–Trinajstić information content (AvgIpc) is 2.55. The number of hydrogen-bond donors (Lipinski definition) is 0. The SMILES string of the molecule is COC(=O)c1ccc(C#N)c(OCCc2ccccc2)c1. The molecule has 0 aromatic heterocycles. The number of carbonyl (C=O) groups excluding carboxylic acids is 1. The van der Waals surface area contributed by atoms with Crippen molar-refractivity contribution in [1.82, 2.24) is 0 Å². The first kappa shape index (κ1) is 14.6. The second-order valence-electron chi connectivity index (χ2n) is 4.40. The van der Waals surface area contributed by atoms with Gasteiger partial charge in [-0.1, -0.05) is 30.3 Å². The van der Waals surface area contributed by atoms with Gasteiger partial charge in [0.15, 0.2) is 0 Å². The lowest BCUT2D eigenvalue weighted by molar-refractivity contribution is 0.0600. The molecule has 0 heterocycles. The summed E-state index contributed by atoms with van der Waals surface area (Å²) in [6, 6.07) is 16.6. The van der Waals surface area contributed by atoms with Crippen molar-refractivity contribution < 1.29 is 14.3 Å². The van der Waals surface area contributed by atoms with Crippen molar-refractivity contribution in [2.75, 3.05) is 13.7 Å². The fourth-order valence-corrected chi connectivity index (χ4v) is 1.90. The molecule has 0 aliphatic heterocycles. The van der Waals surface area contributed by atoms with E-state index in [4.69, 9.17) is 10.00 Å². The van der Waals surface area contributed by atoms with Gasteiger partial charge < -0.3 is 9.47 Å². The summed E-state index contributed by atoms with van der Waals surface area (Å²) in [7, 11) is 1.32. The third kappa shape index (κ3) is 3.83. The van der Waals surface area contributed by atoms with Crippen LogP contribution in [0.1, 0.15) is 21.5 Å². The van der Waals surface area contributed by atoms with Crippen LogP contribution in [0.3, 0.4) is 0 Å². The predicted octanol–water partition coefficient (Wildman–Crippen LogP) is 2.97. The molecule has 21 heavy (non-hydrogen) atoms. The summed E-state index contributed by atoms with van der Waals surface area (Å²) in [5, 5.41) is 9.08. The molecule has 0 N–H and O–H groups in total. The molecule has 0 amide bonds. The van der Waals surface area contributed by atoms with Gasteiger partial charge in [0.25, 0.3) is 0 Å². The Balaban J connectivity index is 2.07. The second kappa shape index (κ2) is 7.11. The number of carbonyl (C=O) groups is 1. The van der Waals surface area contributed by atoms with Gasteiger partial charge in [-0.2, -0.15) is 5.26 Å². The van der Waals surface area contributed by atoms with Crippen molar-refractivity contribution in [3.05, 3.63) is 65.2 Å². The molecule has 0 aliphatic rings. The van der Waals surface area contributed by atoms with Crippen molar-refractivity contribution in [2.24, 2.45) is 0 Å². The van der Waals surface area contributed by atoms with Crippen molar-refractivity contribution in [2.45, 2.75) is 6.42 Å². The highest BCUT2D eigenvalue weighted by Gasteiger charge is 2.10. The van der Waals surface area contributed by atoms with E-state index in [0.29, 0.717) is 23.5 Å². The number of ether oxygens (including phenoxy) is 2. The highest BCUT2D eigenvalue weighted by Crippen LogP contribution is 2.20. The summed E-state index contributed by atoms with van der Waals surface area (Å²) >= 11 is 0. The zero-order chi connectivity index (χ0) is 15.1. The van der Waals surface area contributed by atoms with E-state index in [2.05, 4.69) is 10.8 Å². The molecular formula is C17H15NO3. The van der Waals surface area contributed by atoms with Crippen molar-refractivity contribution in [3.8, 4) is 11.8 Å². The van der Waals surface area contributed by atoms with Gasteiger partial charge in [0, 0.05) is 6.42 Å². The van der Waals surface area contributed by atoms with Gasteiger partial charge in [-0.05, 0) is 23.8 Å². The molecule has 4 nitrogen and oxygen atoms in total. The van der Waals surface area contributed by atoms with Crippen LogP contribution in [0.15, 0.2) is 48.5 Å². The van der Waals surface area contributed by atoms with Gasteiger partial charge in [0.1, 0.15) is 11.8 Å². The molecule has 0 bridgehead atoms. The minimum Gasteiger partial charge on any atom is -0.492 e. The first-order chi connectivity index (χ1) is 10.2. The molecule has 0 spiro atoms.